The van der Waals surface area contributed by atoms with Crippen LogP contribution in [0.2, 0.25) is 0 Å². The zero-order valence-corrected chi connectivity index (χ0v) is 15.3. The lowest BCUT2D eigenvalue weighted by atomic mass is 10.0. The van der Waals surface area contributed by atoms with Crippen molar-refractivity contribution in [2.75, 3.05) is 24.5 Å². The van der Waals surface area contributed by atoms with E-state index in [9.17, 15) is 13.2 Å². The monoisotopic (exact) mass is 351 g/mol. The molecule has 2 heterocycles. The van der Waals surface area contributed by atoms with Gasteiger partial charge in [-0.3, -0.25) is 4.79 Å². The van der Waals surface area contributed by atoms with Crippen LogP contribution in [0.15, 0.2) is 23.1 Å². The van der Waals surface area contributed by atoms with Crippen LogP contribution < -0.4 is 10.2 Å². The van der Waals surface area contributed by atoms with Crippen molar-refractivity contribution < 1.29 is 13.2 Å². The van der Waals surface area contributed by atoms with Gasteiger partial charge in [0.25, 0.3) is 0 Å². The number of benzene rings is 1. The number of fused-ring (bicyclic) bond motifs is 1. The van der Waals surface area contributed by atoms with Crippen molar-refractivity contribution in [1.82, 2.24) is 9.62 Å². The lowest BCUT2D eigenvalue weighted by Gasteiger charge is -2.37. The zero-order valence-electron chi connectivity index (χ0n) is 14.4. The summed E-state index contributed by atoms with van der Waals surface area (Å²) in [5, 5.41) is 3.30. The number of aryl methyl sites for hydroxylation is 1. The number of sulfonamides is 1. The van der Waals surface area contributed by atoms with Gasteiger partial charge in [0.05, 0.1) is 4.90 Å². The Morgan fingerprint density at radius 1 is 1.25 bits per heavy atom. The fourth-order valence-electron chi connectivity index (χ4n) is 3.54. The fourth-order valence-corrected chi connectivity index (χ4v) is 5.27. The van der Waals surface area contributed by atoms with E-state index in [1.54, 1.807) is 21.3 Å². The molecule has 1 aromatic rings. The molecule has 0 aliphatic carbocycles. The van der Waals surface area contributed by atoms with Gasteiger partial charge in [-0.15, -0.1) is 0 Å². The highest BCUT2D eigenvalue weighted by Crippen LogP contribution is 2.31. The SMILES string of the molecule is CC(=O)N1CCCc2ccc(S(=O)(=O)N3CCNC(C)C3C)cc21. The van der Waals surface area contributed by atoms with Gasteiger partial charge in [-0.2, -0.15) is 4.31 Å². The third kappa shape index (κ3) is 2.96. The number of piperazine rings is 1. The van der Waals surface area contributed by atoms with E-state index in [1.165, 1.54) is 6.92 Å². The number of nitrogens with one attached hydrogen (secondary N) is 1. The van der Waals surface area contributed by atoms with Crippen molar-refractivity contribution in [2.24, 2.45) is 0 Å². The van der Waals surface area contributed by atoms with Crippen LogP contribution in [-0.2, 0) is 21.2 Å². The molecule has 132 valence electrons. The van der Waals surface area contributed by atoms with Gasteiger partial charge >= 0.3 is 0 Å². The van der Waals surface area contributed by atoms with E-state index in [0.29, 0.717) is 19.6 Å². The van der Waals surface area contributed by atoms with Crippen molar-refractivity contribution >= 4 is 21.6 Å². The molecule has 24 heavy (non-hydrogen) atoms. The quantitative estimate of drug-likeness (QED) is 0.873. The van der Waals surface area contributed by atoms with Gasteiger partial charge in [0, 0.05) is 44.3 Å². The zero-order chi connectivity index (χ0) is 17.5. The lowest BCUT2D eigenvalue weighted by Crippen LogP contribution is -2.57. The highest BCUT2D eigenvalue weighted by molar-refractivity contribution is 7.89. The van der Waals surface area contributed by atoms with Crippen molar-refractivity contribution in [3.05, 3.63) is 23.8 Å². The van der Waals surface area contributed by atoms with Gasteiger partial charge in [0.1, 0.15) is 0 Å². The Morgan fingerprint density at radius 3 is 2.71 bits per heavy atom. The van der Waals surface area contributed by atoms with Gasteiger partial charge in [-0.05, 0) is 44.4 Å². The summed E-state index contributed by atoms with van der Waals surface area (Å²) in [5.74, 6) is -0.0466. The highest BCUT2D eigenvalue weighted by atomic mass is 32.2. The minimum atomic E-state index is -3.57. The van der Waals surface area contributed by atoms with Gasteiger partial charge in [0.15, 0.2) is 0 Å². The summed E-state index contributed by atoms with van der Waals surface area (Å²) in [6, 6.07) is 5.21. The predicted octanol–water partition coefficient (Wildman–Crippen LogP) is 1.36. The van der Waals surface area contributed by atoms with Crippen LogP contribution in [-0.4, -0.2) is 50.3 Å². The maximum absolute atomic E-state index is 13.1. The number of rotatable bonds is 2. The van der Waals surface area contributed by atoms with Crippen LogP contribution >= 0.6 is 0 Å². The molecule has 0 aromatic heterocycles. The molecule has 0 saturated carbocycles. The lowest BCUT2D eigenvalue weighted by molar-refractivity contribution is -0.116. The van der Waals surface area contributed by atoms with E-state index in [0.717, 1.165) is 24.1 Å². The molecule has 2 unspecified atom stereocenters. The Kier molecular flexibility index (Phi) is 4.68. The second-order valence-corrected chi connectivity index (χ2v) is 8.55. The molecule has 6 nitrogen and oxygen atoms in total. The summed E-state index contributed by atoms with van der Waals surface area (Å²) in [6.07, 6.45) is 1.78. The van der Waals surface area contributed by atoms with E-state index in [4.69, 9.17) is 0 Å². The molecule has 3 rings (SSSR count). The maximum Gasteiger partial charge on any atom is 0.243 e. The third-order valence-corrected chi connectivity index (χ3v) is 7.12. The van der Waals surface area contributed by atoms with E-state index in [2.05, 4.69) is 5.32 Å². The van der Waals surface area contributed by atoms with Gasteiger partial charge in [-0.25, -0.2) is 8.42 Å². The first-order valence-electron chi connectivity index (χ1n) is 8.48. The van der Waals surface area contributed by atoms with Gasteiger partial charge in [0.2, 0.25) is 15.9 Å². The van der Waals surface area contributed by atoms with E-state index >= 15 is 0 Å². The molecular formula is C17H25N3O3S. The topological polar surface area (TPSA) is 69.7 Å². The standard InChI is InChI=1S/C17H25N3O3S/c1-12-13(2)20(10-8-18-12)24(22,23)16-7-6-15-5-4-9-19(14(3)21)17(15)11-16/h6-7,11-13,18H,4-5,8-10H2,1-3H3. The van der Waals surface area contributed by atoms with Crippen LogP contribution in [0.1, 0.15) is 32.8 Å². The van der Waals surface area contributed by atoms with Gasteiger partial charge in [-0.1, -0.05) is 6.07 Å². The molecule has 1 amide bonds. The molecule has 1 aromatic carbocycles. The number of carbonyl (C=O) groups is 1. The normalized spacial score (nSPS) is 25.4. The Bertz CT molecular complexity index is 747. The largest absolute Gasteiger partial charge is 0.312 e. The molecule has 2 aliphatic heterocycles. The van der Waals surface area contributed by atoms with Crippen molar-refractivity contribution in [3.63, 3.8) is 0 Å². The van der Waals surface area contributed by atoms with Crippen LogP contribution in [0, 0.1) is 0 Å². The first-order chi connectivity index (χ1) is 11.3. The van der Waals surface area contributed by atoms with Crippen LogP contribution in [0.25, 0.3) is 0 Å². The van der Waals surface area contributed by atoms with Crippen LogP contribution in [0.4, 0.5) is 5.69 Å². The summed E-state index contributed by atoms with van der Waals surface area (Å²) in [7, 11) is -3.57. The maximum atomic E-state index is 13.1. The number of hydrogen-bond acceptors (Lipinski definition) is 4. The minimum absolute atomic E-state index is 0.0466. The van der Waals surface area contributed by atoms with E-state index < -0.39 is 10.0 Å². The molecule has 1 fully saturated rings. The number of amides is 1. The van der Waals surface area contributed by atoms with Crippen LogP contribution in [0.5, 0.6) is 0 Å². The molecule has 7 heteroatoms. The number of anilines is 1. The Balaban J connectivity index is 2.00. The van der Waals surface area contributed by atoms with Crippen molar-refractivity contribution in [1.29, 1.82) is 0 Å². The summed E-state index contributed by atoms with van der Waals surface area (Å²) in [5.41, 5.74) is 1.78. The van der Waals surface area contributed by atoms with Crippen LogP contribution in [0.3, 0.4) is 0 Å². The van der Waals surface area contributed by atoms with E-state index in [-0.39, 0.29) is 22.9 Å². The second-order valence-electron chi connectivity index (χ2n) is 6.66. The summed E-state index contributed by atoms with van der Waals surface area (Å²) >= 11 is 0. The summed E-state index contributed by atoms with van der Waals surface area (Å²) in [4.78, 5) is 13.8. The molecule has 0 radical (unpaired) electrons. The summed E-state index contributed by atoms with van der Waals surface area (Å²) in [6.45, 7) is 7.20. The fraction of sp³-hybridized carbons (Fsp3) is 0.588. The highest BCUT2D eigenvalue weighted by Gasteiger charge is 2.35. The molecule has 2 atom stereocenters. The van der Waals surface area contributed by atoms with Gasteiger partial charge < -0.3 is 10.2 Å². The first-order valence-corrected chi connectivity index (χ1v) is 9.92. The number of nitrogens with zero attached hydrogens (tertiary/aromatic N) is 2. The molecule has 1 saturated heterocycles. The predicted molar refractivity (Wildman–Crippen MR) is 93.6 cm³/mol. The average Bonchev–Trinajstić information content (AvgIpc) is 2.56. The Labute approximate surface area is 143 Å². The molecule has 0 spiro atoms. The summed E-state index contributed by atoms with van der Waals surface area (Å²) < 4.78 is 27.8. The second kappa shape index (κ2) is 6.46. The molecule has 1 N–H and O–H groups in total. The Hall–Kier alpha value is -1.44. The minimum Gasteiger partial charge on any atom is -0.312 e. The van der Waals surface area contributed by atoms with Crippen molar-refractivity contribution in [2.45, 2.75) is 50.6 Å². The van der Waals surface area contributed by atoms with Crippen molar-refractivity contribution in [3.8, 4) is 0 Å². The molecular weight excluding hydrogens is 326 g/mol. The first kappa shape index (κ1) is 17.4. The number of hydrogen-bond donors (Lipinski definition) is 1. The average molecular weight is 351 g/mol. The third-order valence-electron chi connectivity index (χ3n) is 5.14. The van der Waals surface area contributed by atoms with E-state index in [1.807, 2.05) is 19.9 Å². The molecule has 2 aliphatic rings. The molecule has 0 bridgehead atoms. The number of carbonyl (C=O) groups excluding carboxylic acids is 1. The smallest absolute Gasteiger partial charge is 0.243 e. The Morgan fingerprint density at radius 2 is 2.00 bits per heavy atom.